The monoisotopic (exact) mass is 350 g/mol. The second-order valence-electron chi connectivity index (χ2n) is 6.81. The molecule has 1 spiro atoms. The summed E-state index contributed by atoms with van der Waals surface area (Å²) >= 11 is 5.84. The molecule has 5 nitrogen and oxygen atoms in total. The van der Waals surface area contributed by atoms with Gasteiger partial charge >= 0.3 is 0 Å². The molecule has 1 aliphatic heterocycles. The van der Waals surface area contributed by atoms with Crippen molar-refractivity contribution in [1.29, 1.82) is 0 Å². The van der Waals surface area contributed by atoms with Gasteiger partial charge in [0.1, 0.15) is 12.4 Å². The number of hydrogen-bond acceptors (Lipinski definition) is 4. The van der Waals surface area contributed by atoms with Crippen LogP contribution in [0.15, 0.2) is 24.3 Å². The zero-order valence-corrected chi connectivity index (χ0v) is 14.7. The van der Waals surface area contributed by atoms with E-state index in [9.17, 15) is 9.59 Å². The second kappa shape index (κ2) is 7.11. The number of nitrogens with zero attached hydrogens (tertiary/aromatic N) is 2. The maximum atomic E-state index is 12.6. The highest BCUT2D eigenvalue weighted by Crippen LogP contribution is 2.46. The van der Waals surface area contributed by atoms with Crippen LogP contribution in [0.2, 0.25) is 5.02 Å². The van der Waals surface area contributed by atoms with Gasteiger partial charge in [0.05, 0.1) is 12.1 Å². The van der Waals surface area contributed by atoms with Gasteiger partial charge in [0.2, 0.25) is 11.8 Å². The number of amides is 2. The molecule has 0 atom stereocenters. The fourth-order valence-electron chi connectivity index (χ4n) is 3.61. The number of rotatable bonds is 6. The first-order valence-electron chi connectivity index (χ1n) is 8.42. The van der Waals surface area contributed by atoms with Gasteiger partial charge in [0.25, 0.3) is 0 Å². The van der Waals surface area contributed by atoms with Gasteiger partial charge in [-0.05, 0) is 44.2 Å². The first-order chi connectivity index (χ1) is 11.5. The number of ether oxygens (including phenoxy) is 1. The summed E-state index contributed by atoms with van der Waals surface area (Å²) in [7, 11) is 1.89. The van der Waals surface area contributed by atoms with Gasteiger partial charge in [-0.15, -0.1) is 0 Å². The van der Waals surface area contributed by atoms with Crippen LogP contribution < -0.4 is 4.74 Å². The van der Waals surface area contributed by atoms with E-state index in [0.29, 0.717) is 31.3 Å². The fourth-order valence-corrected chi connectivity index (χ4v) is 3.73. The van der Waals surface area contributed by atoms with Gasteiger partial charge in [0, 0.05) is 18.0 Å². The van der Waals surface area contributed by atoms with E-state index in [4.69, 9.17) is 16.3 Å². The molecule has 0 bridgehead atoms. The average molecular weight is 351 g/mol. The number of likely N-dealkylation sites (N-methyl/N-ethyl adjacent to an activating group) is 1. The van der Waals surface area contributed by atoms with Crippen LogP contribution in [0.25, 0.3) is 0 Å². The minimum atomic E-state index is -0.391. The van der Waals surface area contributed by atoms with E-state index in [1.54, 1.807) is 12.1 Å². The van der Waals surface area contributed by atoms with Gasteiger partial charge in [0.15, 0.2) is 0 Å². The van der Waals surface area contributed by atoms with E-state index in [-0.39, 0.29) is 11.8 Å². The number of carbonyl (C=O) groups excluding carboxylic acids is 2. The van der Waals surface area contributed by atoms with Crippen molar-refractivity contribution in [3.63, 3.8) is 0 Å². The molecule has 24 heavy (non-hydrogen) atoms. The first kappa shape index (κ1) is 17.2. The maximum Gasteiger partial charge on any atom is 0.237 e. The molecule has 2 amide bonds. The van der Waals surface area contributed by atoms with Gasteiger partial charge in [-0.2, -0.15) is 0 Å². The van der Waals surface area contributed by atoms with Crippen LogP contribution in [-0.2, 0) is 9.59 Å². The normalized spacial score (nSPS) is 19.7. The zero-order valence-electron chi connectivity index (χ0n) is 14.0. The first-order valence-corrected chi connectivity index (χ1v) is 8.80. The highest BCUT2D eigenvalue weighted by Gasteiger charge is 2.52. The Morgan fingerprint density at radius 2 is 1.88 bits per heavy atom. The molecular formula is C18H23ClN2O3. The number of carbonyl (C=O) groups is 2. The lowest BCUT2D eigenvalue weighted by Gasteiger charge is -2.25. The van der Waals surface area contributed by atoms with E-state index in [1.807, 2.05) is 24.1 Å². The summed E-state index contributed by atoms with van der Waals surface area (Å²) in [5, 5.41) is 0.673. The Balaban J connectivity index is 1.48. The predicted molar refractivity (Wildman–Crippen MR) is 91.8 cm³/mol. The molecule has 0 radical (unpaired) electrons. The van der Waals surface area contributed by atoms with E-state index in [2.05, 4.69) is 0 Å². The molecule has 1 aliphatic carbocycles. The number of likely N-dealkylation sites (tertiary alicyclic amines) is 1. The second-order valence-corrected chi connectivity index (χ2v) is 7.25. The molecule has 6 heteroatoms. The van der Waals surface area contributed by atoms with Crippen LogP contribution in [0.4, 0.5) is 0 Å². The molecule has 2 aliphatic rings. The highest BCUT2D eigenvalue weighted by atomic mass is 35.5. The van der Waals surface area contributed by atoms with E-state index in [1.165, 1.54) is 4.90 Å². The Bertz CT molecular complexity index is 611. The molecular weight excluding hydrogens is 328 g/mol. The van der Waals surface area contributed by atoms with Crippen molar-refractivity contribution < 1.29 is 14.3 Å². The topological polar surface area (TPSA) is 49.9 Å². The van der Waals surface area contributed by atoms with Crippen molar-refractivity contribution >= 4 is 23.4 Å². The minimum Gasteiger partial charge on any atom is -0.492 e. The molecule has 3 rings (SSSR count). The Hall–Kier alpha value is -1.59. The van der Waals surface area contributed by atoms with E-state index in [0.717, 1.165) is 31.4 Å². The lowest BCUT2D eigenvalue weighted by molar-refractivity contribution is -0.143. The van der Waals surface area contributed by atoms with Gasteiger partial charge < -0.3 is 4.74 Å². The minimum absolute atomic E-state index is 0.0236. The Morgan fingerprint density at radius 1 is 1.21 bits per heavy atom. The van der Waals surface area contributed by atoms with Crippen molar-refractivity contribution in [2.45, 2.75) is 32.1 Å². The van der Waals surface area contributed by atoms with Crippen molar-refractivity contribution in [3.8, 4) is 5.75 Å². The summed E-state index contributed by atoms with van der Waals surface area (Å²) in [5.74, 6) is 0.744. The zero-order chi connectivity index (χ0) is 17.2. The van der Waals surface area contributed by atoms with Crippen molar-refractivity contribution in [3.05, 3.63) is 29.3 Å². The SMILES string of the molecule is CN(CCOc1ccc(Cl)cc1)CN1C(=O)CC2(CCCC2)C1=O. The van der Waals surface area contributed by atoms with Crippen molar-refractivity contribution in [1.82, 2.24) is 9.80 Å². The summed E-state index contributed by atoms with van der Waals surface area (Å²) in [6, 6.07) is 7.20. The summed E-state index contributed by atoms with van der Waals surface area (Å²) in [5.41, 5.74) is -0.391. The standard InChI is InChI=1S/C18H23ClN2O3/c1-20(10-11-24-15-6-4-14(19)5-7-15)13-21-16(22)12-18(17(21)23)8-2-3-9-18/h4-7H,2-3,8-13H2,1H3. The Labute approximate surface area is 147 Å². The van der Waals surface area contributed by atoms with Gasteiger partial charge in [-0.25, -0.2) is 0 Å². The fraction of sp³-hybridized carbons (Fsp3) is 0.556. The molecule has 0 N–H and O–H groups in total. The van der Waals surface area contributed by atoms with Crippen LogP contribution in [0.1, 0.15) is 32.1 Å². The molecule has 2 fully saturated rings. The molecule has 1 aromatic rings. The van der Waals surface area contributed by atoms with Crippen LogP contribution in [0.5, 0.6) is 5.75 Å². The van der Waals surface area contributed by atoms with Crippen LogP contribution in [0.3, 0.4) is 0 Å². The molecule has 130 valence electrons. The highest BCUT2D eigenvalue weighted by molar-refractivity contribution is 6.30. The predicted octanol–water partition coefficient (Wildman–Crippen LogP) is 2.93. The number of imide groups is 1. The van der Waals surface area contributed by atoms with E-state index >= 15 is 0 Å². The maximum absolute atomic E-state index is 12.6. The summed E-state index contributed by atoms with van der Waals surface area (Å²) in [6.07, 6.45) is 4.21. The molecule has 0 unspecified atom stereocenters. The number of benzene rings is 1. The molecule has 1 saturated heterocycles. The van der Waals surface area contributed by atoms with Crippen LogP contribution >= 0.6 is 11.6 Å². The summed E-state index contributed by atoms with van der Waals surface area (Å²) in [4.78, 5) is 28.2. The van der Waals surface area contributed by atoms with Gasteiger partial charge in [-0.3, -0.25) is 19.4 Å². The molecule has 1 saturated carbocycles. The quantitative estimate of drug-likeness (QED) is 0.740. The van der Waals surface area contributed by atoms with Crippen molar-refractivity contribution in [2.24, 2.45) is 5.41 Å². The largest absolute Gasteiger partial charge is 0.492 e. The summed E-state index contributed by atoms with van der Waals surface area (Å²) in [6.45, 7) is 1.45. The molecule has 1 heterocycles. The number of hydrogen-bond donors (Lipinski definition) is 0. The summed E-state index contributed by atoms with van der Waals surface area (Å²) < 4.78 is 5.65. The third-order valence-corrected chi connectivity index (χ3v) is 5.24. The average Bonchev–Trinajstić information content (AvgIpc) is 3.11. The van der Waals surface area contributed by atoms with Gasteiger partial charge in [-0.1, -0.05) is 24.4 Å². The molecule has 0 aromatic heterocycles. The van der Waals surface area contributed by atoms with Crippen LogP contribution in [-0.4, -0.2) is 48.5 Å². The lowest BCUT2D eigenvalue weighted by atomic mass is 9.85. The Kier molecular flexibility index (Phi) is 5.11. The van der Waals surface area contributed by atoms with Crippen molar-refractivity contribution in [2.75, 3.05) is 26.9 Å². The van der Waals surface area contributed by atoms with Crippen LogP contribution in [0, 0.1) is 5.41 Å². The molecule has 1 aromatic carbocycles. The third-order valence-electron chi connectivity index (χ3n) is 4.99. The Morgan fingerprint density at radius 3 is 2.54 bits per heavy atom. The third kappa shape index (κ3) is 3.57. The van der Waals surface area contributed by atoms with E-state index < -0.39 is 5.41 Å². The smallest absolute Gasteiger partial charge is 0.237 e. The number of halogens is 1. The lowest BCUT2D eigenvalue weighted by Crippen LogP contribution is -2.42.